The monoisotopic (exact) mass is 414 g/mol. The van der Waals surface area contributed by atoms with E-state index in [1.807, 2.05) is 24.3 Å². The van der Waals surface area contributed by atoms with E-state index in [0.717, 1.165) is 25.2 Å². The van der Waals surface area contributed by atoms with Crippen molar-refractivity contribution < 1.29 is 19.1 Å². The first-order chi connectivity index (χ1) is 14.0. The van der Waals surface area contributed by atoms with Crippen molar-refractivity contribution in [1.82, 2.24) is 9.80 Å². The molecule has 2 aromatic carbocycles. The van der Waals surface area contributed by atoms with E-state index in [4.69, 9.17) is 16.3 Å². The maximum atomic E-state index is 12.5. The second kappa shape index (κ2) is 9.67. The summed E-state index contributed by atoms with van der Waals surface area (Å²) >= 11 is 5.92. The highest BCUT2D eigenvalue weighted by atomic mass is 35.5. The molecule has 1 amide bonds. The number of nitrogens with zero attached hydrogens (tertiary/aromatic N) is 2. The molecule has 1 aliphatic heterocycles. The van der Waals surface area contributed by atoms with Crippen molar-refractivity contribution in [3.05, 3.63) is 63.7 Å². The smallest absolute Gasteiger partial charge is 0.260 e. The second-order valence-corrected chi connectivity index (χ2v) is 7.52. The fourth-order valence-electron chi connectivity index (χ4n) is 3.40. The average Bonchev–Trinajstić information content (AvgIpc) is 2.74. The molecule has 0 aliphatic carbocycles. The van der Waals surface area contributed by atoms with Crippen LogP contribution in [0.4, 0.5) is 0 Å². The summed E-state index contributed by atoms with van der Waals surface area (Å²) in [6.07, 6.45) is 1.27. The van der Waals surface area contributed by atoms with Gasteiger partial charge in [-0.3, -0.25) is 19.3 Å². The second-order valence-electron chi connectivity index (χ2n) is 7.08. The van der Waals surface area contributed by atoms with Gasteiger partial charge in [-0.25, -0.2) is 0 Å². The Hall–Kier alpha value is -2.70. The topological polar surface area (TPSA) is 66.9 Å². The van der Waals surface area contributed by atoms with E-state index in [1.54, 1.807) is 24.0 Å². The average molecular weight is 415 g/mol. The van der Waals surface area contributed by atoms with E-state index in [1.165, 1.54) is 5.56 Å². The zero-order valence-corrected chi connectivity index (χ0v) is 17.0. The number of amides is 1. The van der Waals surface area contributed by atoms with Crippen molar-refractivity contribution in [3.63, 3.8) is 0 Å². The molecule has 7 heteroatoms. The van der Waals surface area contributed by atoms with Crippen LogP contribution in [-0.2, 0) is 11.3 Å². The molecule has 2 aromatic rings. The molecule has 1 saturated heterocycles. The first-order valence-electron chi connectivity index (χ1n) is 9.42. The SMILES string of the molecule is Cc1cc(C=O)c(OCC(=O)N2CCN(Cc3ccc(Cl)cc3)CC2)c(C=O)c1. The molecule has 0 aromatic heterocycles. The lowest BCUT2D eigenvalue weighted by Crippen LogP contribution is -2.49. The van der Waals surface area contributed by atoms with Gasteiger partial charge in [-0.2, -0.15) is 0 Å². The Kier molecular flexibility index (Phi) is 7.01. The van der Waals surface area contributed by atoms with Gasteiger partial charge in [0.1, 0.15) is 5.75 Å². The van der Waals surface area contributed by atoms with E-state index < -0.39 is 0 Å². The number of halogens is 1. The van der Waals surface area contributed by atoms with Gasteiger partial charge in [0, 0.05) is 37.7 Å². The van der Waals surface area contributed by atoms with Crippen LogP contribution in [0.1, 0.15) is 31.8 Å². The summed E-state index contributed by atoms with van der Waals surface area (Å²) in [6.45, 7) is 5.12. The largest absolute Gasteiger partial charge is 0.482 e. The van der Waals surface area contributed by atoms with Gasteiger partial charge in [0.05, 0.1) is 11.1 Å². The number of aryl methyl sites for hydroxylation is 1. The molecule has 1 aliphatic rings. The molecule has 1 fully saturated rings. The summed E-state index contributed by atoms with van der Waals surface area (Å²) in [5.74, 6) is 0.000685. The van der Waals surface area contributed by atoms with Gasteiger partial charge < -0.3 is 9.64 Å². The normalized spacial score (nSPS) is 14.5. The highest BCUT2D eigenvalue weighted by molar-refractivity contribution is 6.30. The third kappa shape index (κ3) is 5.43. The van der Waals surface area contributed by atoms with Crippen molar-refractivity contribution in [2.45, 2.75) is 13.5 Å². The summed E-state index contributed by atoms with van der Waals surface area (Å²) in [4.78, 5) is 39.1. The number of hydrogen-bond donors (Lipinski definition) is 0. The molecule has 0 radical (unpaired) electrons. The molecule has 1 heterocycles. The quantitative estimate of drug-likeness (QED) is 0.651. The van der Waals surface area contributed by atoms with Gasteiger partial charge in [0.25, 0.3) is 5.91 Å². The van der Waals surface area contributed by atoms with Crippen molar-refractivity contribution in [3.8, 4) is 5.75 Å². The summed E-state index contributed by atoms with van der Waals surface area (Å²) in [6, 6.07) is 11.0. The summed E-state index contributed by atoms with van der Waals surface area (Å²) in [7, 11) is 0. The van der Waals surface area contributed by atoms with Crippen LogP contribution in [0.2, 0.25) is 5.02 Å². The Morgan fingerprint density at radius 2 is 1.62 bits per heavy atom. The lowest BCUT2D eigenvalue weighted by Gasteiger charge is -2.34. The molecule has 29 heavy (non-hydrogen) atoms. The van der Waals surface area contributed by atoms with Crippen LogP contribution >= 0.6 is 11.6 Å². The van der Waals surface area contributed by atoms with Gasteiger partial charge in [-0.05, 0) is 42.3 Å². The van der Waals surface area contributed by atoms with Crippen LogP contribution in [0.15, 0.2) is 36.4 Å². The van der Waals surface area contributed by atoms with Crippen LogP contribution < -0.4 is 4.74 Å². The minimum Gasteiger partial charge on any atom is -0.482 e. The predicted octanol–water partition coefficient (Wildman–Crippen LogP) is 3.00. The van der Waals surface area contributed by atoms with Crippen LogP contribution in [0, 0.1) is 6.92 Å². The number of benzene rings is 2. The Morgan fingerprint density at radius 1 is 1.03 bits per heavy atom. The Bertz CT molecular complexity index is 861. The van der Waals surface area contributed by atoms with Gasteiger partial charge in [0.2, 0.25) is 0 Å². The van der Waals surface area contributed by atoms with Crippen LogP contribution in [0.5, 0.6) is 5.75 Å². The molecule has 0 saturated carbocycles. The fourth-order valence-corrected chi connectivity index (χ4v) is 3.53. The molecule has 0 bridgehead atoms. The number of carbonyl (C=O) groups excluding carboxylic acids is 3. The summed E-state index contributed by atoms with van der Waals surface area (Å²) < 4.78 is 5.57. The van der Waals surface area contributed by atoms with Gasteiger partial charge in [0.15, 0.2) is 19.2 Å². The maximum Gasteiger partial charge on any atom is 0.260 e. The standard InChI is InChI=1S/C22H23ClN2O4/c1-16-10-18(13-26)22(19(11-16)14-27)29-15-21(28)25-8-6-24(7-9-25)12-17-2-4-20(23)5-3-17/h2-5,10-11,13-14H,6-9,12,15H2,1H3. The van der Waals surface area contributed by atoms with E-state index in [9.17, 15) is 14.4 Å². The minimum atomic E-state index is -0.206. The van der Waals surface area contributed by atoms with Crippen molar-refractivity contribution in [1.29, 1.82) is 0 Å². The molecule has 152 valence electrons. The molecule has 6 nitrogen and oxygen atoms in total. The highest BCUT2D eigenvalue weighted by Gasteiger charge is 2.22. The third-order valence-corrected chi connectivity index (χ3v) is 5.18. The Balaban J connectivity index is 1.53. The molecule has 0 unspecified atom stereocenters. The zero-order valence-electron chi connectivity index (χ0n) is 16.3. The molecular formula is C22H23ClN2O4. The van der Waals surface area contributed by atoms with Crippen LogP contribution in [0.3, 0.4) is 0 Å². The van der Waals surface area contributed by atoms with Gasteiger partial charge in [-0.15, -0.1) is 0 Å². The van der Waals surface area contributed by atoms with E-state index in [0.29, 0.717) is 30.7 Å². The van der Waals surface area contributed by atoms with Gasteiger partial charge in [-0.1, -0.05) is 23.7 Å². The van der Waals surface area contributed by atoms with E-state index >= 15 is 0 Å². The summed E-state index contributed by atoms with van der Waals surface area (Å²) in [5.41, 5.74) is 2.50. The fraction of sp³-hybridized carbons (Fsp3) is 0.318. The van der Waals surface area contributed by atoms with Crippen molar-refractivity contribution in [2.24, 2.45) is 0 Å². The predicted molar refractivity (Wildman–Crippen MR) is 111 cm³/mol. The third-order valence-electron chi connectivity index (χ3n) is 4.93. The Labute approximate surface area is 175 Å². The number of ether oxygens (including phenoxy) is 1. The number of aldehydes is 2. The number of piperazine rings is 1. The minimum absolute atomic E-state index is 0.162. The lowest BCUT2D eigenvalue weighted by atomic mass is 10.1. The molecule has 0 N–H and O–H groups in total. The Morgan fingerprint density at radius 3 is 2.17 bits per heavy atom. The maximum absolute atomic E-state index is 12.5. The van der Waals surface area contributed by atoms with E-state index in [2.05, 4.69) is 4.90 Å². The molecular weight excluding hydrogens is 392 g/mol. The zero-order chi connectivity index (χ0) is 20.8. The van der Waals surface area contributed by atoms with Crippen LogP contribution in [0.25, 0.3) is 0 Å². The molecule has 0 atom stereocenters. The van der Waals surface area contributed by atoms with Crippen molar-refractivity contribution in [2.75, 3.05) is 32.8 Å². The number of hydrogen-bond acceptors (Lipinski definition) is 5. The van der Waals surface area contributed by atoms with Gasteiger partial charge >= 0.3 is 0 Å². The van der Waals surface area contributed by atoms with Crippen LogP contribution in [-0.4, -0.2) is 61.1 Å². The first-order valence-corrected chi connectivity index (χ1v) is 9.80. The summed E-state index contributed by atoms with van der Waals surface area (Å²) in [5, 5.41) is 0.716. The highest BCUT2D eigenvalue weighted by Crippen LogP contribution is 2.23. The molecule has 3 rings (SSSR count). The number of carbonyl (C=O) groups is 3. The first kappa shape index (κ1) is 21.0. The lowest BCUT2D eigenvalue weighted by molar-refractivity contribution is -0.135. The van der Waals surface area contributed by atoms with Crippen molar-refractivity contribution >= 4 is 30.1 Å². The molecule has 0 spiro atoms. The number of rotatable bonds is 7. The van der Waals surface area contributed by atoms with E-state index in [-0.39, 0.29) is 29.4 Å².